The van der Waals surface area contributed by atoms with Crippen molar-refractivity contribution in [1.29, 1.82) is 0 Å². The molecule has 2 rings (SSSR count). The molecule has 0 saturated heterocycles. The van der Waals surface area contributed by atoms with Crippen LogP contribution < -0.4 is 0 Å². The molecule has 0 aliphatic heterocycles. The third-order valence-corrected chi connectivity index (χ3v) is 2.60. The zero-order valence-electron chi connectivity index (χ0n) is 7.70. The number of rotatable bonds is 3. The lowest BCUT2D eigenvalue weighted by Crippen LogP contribution is -2.20. The van der Waals surface area contributed by atoms with Gasteiger partial charge in [-0.3, -0.25) is 9.88 Å². The van der Waals surface area contributed by atoms with Gasteiger partial charge in [-0.2, -0.15) is 0 Å². The first-order valence-corrected chi connectivity index (χ1v) is 4.94. The van der Waals surface area contributed by atoms with Crippen molar-refractivity contribution in [2.75, 3.05) is 7.05 Å². The van der Waals surface area contributed by atoms with Gasteiger partial charge in [0.2, 0.25) is 0 Å². The molecule has 0 radical (unpaired) electrons. The molecule has 1 saturated carbocycles. The number of hydrogen-bond donors (Lipinski definition) is 0. The van der Waals surface area contributed by atoms with Crippen LogP contribution in [-0.2, 0) is 6.54 Å². The summed E-state index contributed by atoms with van der Waals surface area (Å²) in [6, 6.07) is 4.52. The van der Waals surface area contributed by atoms with Crippen LogP contribution >= 0.6 is 11.6 Å². The van der Waals surface area contributed by atoms with Crippen LogP contribution in [0, 0.1) is 0 Å². The van der Waals surface area contributed by atoms with E-state index in [-0.39, 0.29) is 0 Å². The van der Waals surface area contributed by atoms with Crippen molar-refractivity contribution in [2.24, 2.45) is 0 Å². The lowest BCUT2D eigenvalue weighted by molar-refractivity contribution is 0.312. The van der Waals surface area contributed by atoms with Crippen LogP contribution in [0.4, 0.5) is 0 Å². The van der Waals surface area contributed by atoms with Crippen LogP contribution in [-0.4, -0.2) is 23.0 Å². The Morgan fingerprint density at radius 1 is 1.62 bits per heavy atom. The maximum Gasteiger partial charge on any atom is 0.0558 e. The lowest BCUT2D eigenvalue weighted by atomic mass is 10.3. The first kappa shape index (κ1) is 8.97. The second kappa shape index (κ2) is 3.64. The minimum Gasteiger partial charge on any atom is -0.298 e. The average Bonchev–Trinajstić information content (AvgIpc) is 2.85. The summed E-state index contributed by atoms with van der Waals surface area (Å²) in [6.45, 7) is 0.908. The molecule has 0 amide bonds. The maximum atomic E-state index is 5.86. The Bertz CT molecular complexity index is 297. The van der Waals surface area contributed by atoms with Crippen LogP contribution in [0.3, 0.4) is 0 Å². The molecule has 0 bridgehead atoms. The smallest absolute Gasteiger partial charge is 0.0558 e. The van der Waals surface area contributed by atoms with Crippen LogP contribution in [0.2, 0.25) is 5.02 Å². The molecule has 13 heavy (non-hydrogen) atoms. The highest BCUT2D eigenvalue weighted by molar-refractivity contribution is 6.30. The average molecular weight is 197 g/mol. The molecule has 0 spiro atoms. The van der Waals surface area contributed by atoms with E-state index in [9.17, 15) is 0 Å². The number of nitrogens with zero attached hydrogens (tertiary/aromatic N) is 2. The van der Waals surface area contributed by atoms with Gasteiger partial charge >= 0.3 is 0 Å². The fourth-order valence-corrected chi connectivity index (χ4v) is 1.62. The summed E-state index contributed by atoms with van der Waals surface area (Å²) in [4.78, 5) is 6.60. The summed E-state index contributed by atoms with van der Waals surface area (Å²) in [5.41, 5.74) is 1.06. The van der Waals surface area contributed by atoms with E-state index in [1.807, 2.05) is 12.1 Å². The summed E-state index contributed by atoms with van der Waals surface area (Å²) >= 11 is 5.86. The highest BCUT2D eigenvalue weighted by Crippen LogP contribution is 2.26. The molecule has 1 aromatic rings. The molecule has 0 atom stereocenters. The lowest BCUT2D eigenvalue weighted by Gasteiger charge is -2.14. The summed E-state index contributed by atoms with van der Waals surface area (Å²) in [5, 5.41) is 0.772. The second-order valence-electron chi connectivity index (χ2n) is 3.61. The number of hydrogen-bond acceptors (Lipinski definition) is 2. The van der Waals surface area contributed by atoms with Crippen LogP contribution in [0.1, 0.15) is 18.5 Å². The minimum atomic E-state index is 0.772. The van der Waals surface area contributed by atoms with E-state index in [0.717, 1.165) is 23.3 Å². The van der Waals surface area contributed by atoms with Gasteiger partial charge in [-0.1, -0.05) is 11.6 Å². The van der Waals surface area contributed by atoms with Gasteiger partial charge in [0.25, 0.3) is 0 Å². The standard InChI is InChI=1S/C10H13ClN2/c1-13(10-2-3-10)7-9-6-8(11)4-5-12-9/h4-6,10H,2-3,7H2,1H3. The second-order valence-corrected chi connectivity index (χ2v) is 4.05. The highest BCUT2D eigenvalue weighted by atomic mass is 35.5. The largest absolute Gasteiger partial charge is 0.298 e. The molecule has 1 heterocycles. The van der Waals surface area contributed by atoms with Gasteiger partial charge in [-0.15, -0.1) is 0 Å². The summed E-state index contributed by atoms with van der Waals surface area (Å²) < 4.78 is 0. The fourth-order valence-electron chi connectivity index (χ4n) is 1.44. The molecule has 0 aromatic carbocycles. The van der Waals surface area contributed by atoms with Gasteiger partial charge in [0.05, 0.1) is 5.69 Å². The van der Waals surface area contributed by atoms with Gasteiger partial charge in [-0.05, 0) is 32.0 Å². The van der Waals surface area contributed by atoms with E-state index in [1.165, 1.54) is 12.8 Å². The van der Waals surface area contributed by atoms with Crippen molar-refractivity contribution in [3.05, 3.63) is 29.0 Å². The monoisotopic (exact) mass is 196 g/mol. The first-order chi connectivity index (χ1) is 6.25. The topological polar surface area (TPSA) is 16.1 Å². The third kappa shape index (κ3) is 2.42. The van der Waals surface area contributed by atoms with Crippen molar-refractivity contribution >= 4 is 11.6 Å². The Morgan fingerprint density at radius 2 is 2.38 bits per heavy atom. The van der Waals surface area contributed by atoms with E-state index in [0.29, 0.717) is 0 Å². The molecule has 1 aliphatic carbocycles. The molecule has 0 unspecified atom stereocenters. The predicted molar refractivity (Wildman–Crippen MR) is 53.7 cm³/mol. The van der Waals surface area contributed by atoms with Gasteiger partial charge in [0, 0.05) is 23.8 Å². The zero-order chi connectivity index (χ0) is 9.26. The fraction of sp³-hybridized carbons (Fsp3) is 0.500. The molecular formula is C10H13ClN2. The zero-order valence-corrected chi connectivity index (χ0v) is 8.46. The van der Waals surface area contributed by atoms with Crippen LogP contribution in [0.25, 0.3) is 0 Å². The minimum absolute atomic E-state index is 0.772. The van der Waals surface area contributed by atoms with Crippen LogP contribution in [0.15, 0.2) is 18.3 Å². The van der Waals surface area contributed by atoms with E-state index in [4.69, 9.17) is 11.6 Å². The quantitative estimate of drug-likeness (QED) is 0.738. The van der Waals surface area contributed by atoms with Crippen molar-refractivity contribution in [2.45, 2.75) is 25.4 Å². The Kier molecular flexibility index (Phi) is 2.51. The maximum absolute atomic E-state index is 5.86. The normalized spacial score (nSPS) is 16.5. The highest BCUT2D eigenvalue weighted by Gasteiger charge is 2.25. The Hall–Kier alpha value is -0.600. The van der Waals surface area contributed by atoms with Crippen molar-refractivity contribution < 1.29 is 0 Å². The number of pyridine rings is 1. The van der Waals surface area contributed by atoms with Crippen molar-refractivity contribution in [1.82, 2.24) is 9.88 Å². The summed E-state index contributed by atoms with van der Waals surface area (Å²) in [6.07, 6.45) is 4.42. The number of aromatic nitrogens is 1. The molecule has 3 heteroatoms. The molecular weight excluding hydrogens is 184 g/mol. The van der Waals surface area contributed by atoms with Gasteiger partial charge in [0.1, 0.15) is 0 Å². The van der Waals surface area contributed by atoms with E-state index in [1.54, 1.807) is 6.20 Å². The van der Waals surface area contributed by atoms with E-state index >= 15 is 0 Å². The molecule has 70 valence electrons. The van der Waals surface area contributed by atoms with Gasteiger partial charge < -0.3 is 0 Å². The summed E-state index contributed by atoms with van der Waals surface area (Å²) in [5.74, 6) is 0. The Labute approximate surface area is 83.5 Å². The van der Waals surface area contributed by atoms with E-state index in [2.05, 4.69) is 16.9 Å². The van der Waals surface area contributed by atoms with Crippen molar-refractivity contribution in [3.8, 4) is 0 Å². The predicted octanol–water partition coefficient (Wildman–Crippen LogP) is 2.33. The Morgan fingerprint density at radius 3 is 3.00 bits per heavy atom. The van der Waals surface area contributed by atoms with E-state index < -0.39 is 0 Å². The Balaban J connectivity index is 2.00. The molecule has 1 aliphatic rings. The third-order valence-electron chi connectivity index (χ3n) is 2.36. The molecule has 2 nitrogen and oxygen atoms in total. The molecule has 0 N–H and O–H groups in total. The number of halogens is 1. The molecule has 1 fully saturated rings. The van der Waals surface area contributed by atoms with Crippen LogP contribution in [0.5, 0.6) is 0 Å². The van der Waals surface area contributed by atoms with Crippen molar-refractivity contribution in [3.63, 3.8) is 0 Å². The SMILES string of the molecule is CN(Cc1cc(Cl)ccn1)C1CC1. The first-order valence-electron chi connectivity index (χ1n) is 4.56. The summed E-state index contributed by atoms with van der Waals surface area (Å²) in [7, 11) is 2.14. The molecule has 1 aromatic heterocycles. The van der Waals surface area contributed by atoms with Gasteiger partial charge in [0.15, 0.2) is 0 Å². The van der Waals surface area contributed by atoms with Gasteiger partial charge in [-0.25, -0.2) is 0 Å².